The van der Waals surface area contributed by atoms with Crippen molar-refractivity contribution in [3.63, 3.8) is 0 Å². The van der Waals surface area contributed by atoms with E-state index in [1.54, 1.807) is 60.7 Å². The molecule has 51 heavy (non-hydrogen) atoms. The minimum absolute atomic E-state index is 0.0320. The molecule has 1 N–H and O–H groups in total. The molecular weight excluding hydrogens is 693 g/mol. The molecule has 2 aliphatic rings. The van der Waals surface area contributed by atoms with Crippen LogP contribution in [0, 0.1) is 0 Å². The summed E-state index contributed by atoms with van der Waals surface area (Å²) in [4.78, 5) is 0.672. The molecule has 4 atom stereocenters. The molecule has 0 bridgehead atoms. The molecule has 0 amide bonds. The summed E-state index contributed by atoms with van der Waals surface area (Å²) in [7, 11) is -7.45. The zero-order valence-electron chi connectivity index (χ0n) is 28.9. The van der Waals surface area contributed by atoms with Crippen molar-refractivity contribution in [1.82, 2.24) is 0 Å². The number of ether oxygens (including phenoxy) is 5. The molecule has 6 rings (SSSR count). The van der Waals surface area contributed by atoms with Crippen molar-refractivity contribution >= 4 is 19.7 Å². The number of aliphatic hydroxyl groups excluding tert-OH is 1. The van der Waals surface area contributed by atoms with E-state index in [1.807, 2.05) is 32.9 Å². The second-order valence-electron chi connectivity index (χ2n) is 13.7. The summed E-state index contributed by atoms with van der Waals surface area (Å²) in [5, 5.41) is 10.7. The predicted octanol–water partition coefficient (Wildman–Crippen LogP) is 6.18. The van der Waals surface area contributed by atoms with Crippen molar-refractivity contribution < 1.29 is 45.6 Å². The number of hydrogen-bond acceptors (Lipinski definition) is 10. The van der Waals surface area contributed by atoms with E-state index in [2.05, 4.69) is 0 Å². The van der Waals surface area contributed by atoms with Crippen LogP contribution < -0.4 is 14.2 Å². The van der Waals surface area contributed by atoms with E-state index >= 15 is 0 Å². The van der Waals surface area contributed by atoms with Crippen LogP contribution in [-0.2, 0) is 34.6 Å². The molecule has 0 aromatic heterocycles. The maximum absolute atomic E-state index is 13.2. The van der Waals surface area contributed by atoms with Crippen molar-refractivity contribution in [2.24, 2.45) is 0 Å². The maximum atomic E-state index is 13.2. The fourth-order valence-electron chi connectivity index (χ4n) is 5.64. The lowest BCUT2D eigenvalue weighted by Crippen LogP contribution is -2.24. The Morgan fingerprint density at radius 3 is 1.59 bits per heavy atom. The fraction of sp³-hybridized carbons (Fsp3) is 0.385. The zero-order valence-corrected chi connectivity index (χ0v) is 30.6. The summed E-state index contributed by atoms with van der Waals surface area (Å²) < 4.78 is 80.5. The Balaban J connectivity index is 0.970. The van der Waals surface area contributed by atoms with Gasteiger partial charge in [0.25, 0.3) is 0 Å². The van der Waals surface area contributed by atoms with E-state index < -0.39 is 25.8 Å². The second-order valence-corrected chi connectivity index (χ2v) is 17.6. The molecule has 0 radical (unpaired) electrons. The molecule has 10 nitrogen and oxygen atoms in total. The summed E-state index contributed by atoms with van der Waals surface area (Å²) in [6.07, 6.45) is 1.41. The highest BCUT2D eigenvalue weighted by atomic mass is 32.2. The number of hydrogen-bond donors (Lipinski definition) is 1. The molecule has 4 unspecified atom stereocenters. The van der Waals surface area contributed by atoms with Crippen LogP contribution in [0.2, 0.25) is 0 Å². The predicted molar refractivity (Wildman–Crippen MR) is 190 cm³/mol. The van der Waals surface area contributed by atoms with Gasteiger partial charge in [-0.2, -0.15) is 0 Å². The highest BCUT2D eigenvalue weighted by molar-refractivity contribution is 7.91. The highest BCUT2D eigenvalue weighted by Gasteiger charge is 2.27. The Hall–Kier alpha value is -3.94. The van der Waals surface area contributed by atoms with E-state index in [1.165, 1.54) is 24.3 Å². The molecule has 0 spiro atoms. The number of epoxide rings is 2. The number of aliphatic hydroxyl groups is 1. The van der Waals surface area contributed by atoms with Crippen LogP contribution in [0.5, 0.6) is 17.2 Å². The molecule has 2 fully saturated rings. The third kappa shape index (κ3) is 9.69. The van der Waals surface area contributed by atoms with Gasteiger partial charge in [0.1, 0.15) is 36.6 Å². The molecule has 2 saturated heterocycles. The van der Waals surface area contributed by atoms with Crippen molar-refractivity contribution in [1.29, 1.82) is 0 Å². The van der Waals surface area contributed by atoms with Crippen LogP contribution in [0.15, 0.2) is 117 Å². The number of benzene rings is 4. The molecule has 0 saturated carbocycles. The summed E-state index contributed by atoms with van der Waals surface area (Å²) in [5.74, 6) is 1.63. The van der Waals surface area contributed by atoms with Crippen molar-refractivity contribution in [3.05, 3.63) is 103 Å². The van der Waals surface area contributed by atoms with Crippen molar-refractivity contribution in [3.8, 4) is 17.2 Å². The van der Waals surface area contributed by atoms with Crippen LogP contribution in [0.25, 0.3) is 0 Å². The van der Waals surface area contributed by atoms with Gasteiger partial charge in [-0.15, -0.1) is 0 Å². The van der Waals surface area contributed by atoms with E-state index in [-0.39, 0.29) is 49.9 Å². The quantitative estimate of drug-likeness (QED) is 0.118. The number of sulfone groups is 2. The standard InChI is InChI=1S/C39H44O10S2/c1-27(22-33-24-47-33)49-32-10-18-38(19-11-32)51(43,44)37-14-6-30(7-15-37)45-23-29(40)20-21-39(2,3)28-4-12-35(13-5-28)50(41,42)36-16-8-31(9-17-36)46-25-34-26-48-34/h4-19,27,29,33-34,40H,20-26H2,1-3H3. The third-order valence-electron chi connectivity index (χ3n) is 9.07. The minimum Gasteiger partial charge on any atom is -0.491 e. The van der Waals surface area contributed by atoms with E-state index in [9.17, 15) is 21.9 Å². The molecule has 2 heterocycles. The van der Waals surface area contributed by atoms with Crippen LogP contribution in [0.3, 0.4) is 0 Å². The van der Waals surface area contributed by atoms with Crippen molar-refractivity contribution in [2.45, 2.75) is 89.4 Å². The molecule has 2 aliphatic heterocycles. The summed E-state index contributed by atoms with van der Waals surface area (Å²) >= 11 is 0. The normalized spacial score (nSPS) is 18.4. The Morgan fingerprint density at radius 1 is 0.686 bits per heavy atom. The lowest BCUT2D eigenvalue weighted by atomic mass is 9.80. The molecule has 4 aromatic rings. The first-order valence-electron chi connectivity index (χ1n) is 17.0. The average molecular weight is 737 g/mol. The van der Waals surface area contributed by atoms with Gasteiger partial charge in [0, 0.05) is 6.42 Å². The van der Waals surface area contributed by atoms with E-state index in [0.29, 0.717) is 43.3 Å². The van der Waals surface area contributed by atoms with Crippen LogP contribution >= 0.6 is 0 Å². The second kappa shape index (κ2) is 15.3. The monoisotopic (exact) mass is 736 g/mol. The molecule has 272 valence electrons. The summed E-state index contributed by atoms with van der Waals surface area (Å²) in [6, 6.07) is 25.7. The Kier molecular flexibility index (Phi) is 11.1. The largest absolute Gasteiger partial charge is 0.491 e. The van der Waals surface area contributed by atoms with Gasteiger partial charge in [-0.1, -0.05) is 26.0 Å². The topological polar surface area (TPSA) is 141 Å². The minimum atomic E-state index is -3.74. The lowest BCUT2D eigenvalue weighted by molar-refractivity contribution is 0.0929. The maximum Gasteiger partial charge on any atom is 0.206 e. The van der Waals surface area contributed by atoms with Gasteiger partial charge in [0.15, 0.2) is 0 Å². The molecular formula is C39H44O10S2. The van der Waals surface area contributed by atoms with Gasteiger partial charge >= 0.3 is 0 Å². The Bertz CT molecular complexity index is 1970. The van der Waals surface area contributed by atoms with Gasteiger partial charge < -0.3 is 28.8 Å². The number of rotatable bonds is 18. The summed E-state index contributed by atoms with van der Waals surface area (Å²) in [5.41, 5.74) is 0.593. The van der Waals surface area contributed by atoms with Gasteiger partial charge in [0.05, 0.1) is 51.1 Å². The summed E-state index contributed by atoms with van der Waals surface area (Å²) in [6.45, 7) is 7.96. The Labute approximate surface area is 300 Å². The third-order valence-corrected chi connectivity index (χ3v) is 12.6. The molecule has 4 aromatic carbocycles. The molecule has 12 heteroatoms. The van der Waals surface area contributed by atoms with Crippen LogP contribution in [0.1, 0.15) is 45.6 Å². The van der Waals surface area contributed by atoms with Gasteiger partial charge in [-0.25, -0.2) is 16.8 Å². The van der Waals surface area contributed by atoms with Gasteiger partial charge in [0.2, 0.25) is 19.7 Å². The highest BCUT2D eigenvalue weighted by Crippen LogP contribution is 2.32. The first-order valence-corrected chi connectivity index (χ1v) is 20.0. The SMILES string of the molecule is CC(CC1CO1)Oc1ccc(S(=O)(=O)c2ccc(OCC(O)CCC(C)(C)c3ccc(S(=O)(=O)c4ccc(OCC5CO5)cc4)cc3)cc2)cc1. The smallest absolute Gasteiger partial charge is 0.206 e. The Morgan fingerprint density at radius 2 is 1.12 bits per heavy atom. The van der Waals surface area contributed by atoms with Crippen LogP contribution in [0.4, 0.5) is 0 Å². The lowest BCUT2D eigenvalue weighted by Gasteiger charge is -2.27. The van der Waals surface area contributed by atoms with Crippen LogP contribution in [-0.4, -0.2) is 72.8 Å². The van der Waals surface area contributed by atoms with Crippen molar-refractivity contribution in [2.75, 3.05) is 26.4 Å². The first-order chi connectivity index (χ1) is 24.3. The van der Waals surface area contributed by atoms with Gasteiger partial charge in [-0.3, -0.25) is 0 Å². The fourth-order valence-corrected chi connectivity index (χ4v) is 8.16. The van der Waals surface area contributed by atoms with Gasteiger partial charge in [-0.05, 0) is 116 Å². The van der Waals surface area contributed by atoms with E-state index in [0.717, 1.165) is 18.6 Å². The first kappa shape index (κ1) is 36.8. The molecule has 0 aliphatic carbocycles. The average Bonchev–Trinajstić information content (AvgIpc) is 4.07. The zero-order chi connectivity index (χ0) is 36.2. The van der Waals surface area contributed by atoms with E-state index in [4.69, 9.17) is 23.7 Å².